The van der Waals surface area contributed by atoms with Crippen molar-refractivity contribution in [2.24, 2.45) is 11.1 Å². The Labute approximate surface area is 97.3 Å². The lowest BCUT2D eigenvalue weighted by atomic mass is 9.86. The Morgan fingerprint density at radius 1 is 1.50 bits per heavy atom. The molecule has 0 amide bonds. The number of nitrogens with one attached hydrogen (secondary N) is 1. The molecule has 1 rings (SSSR count). The fraction of sp³-hybridized carbons (Fsp3) is 0.667. The summed E-state index contributed by atoms with van der Waals surface area (Å²) in [4.78, 5) is 0. The Balaban J connectivity index is 2.27. The van der Waals surface area contributed by atoms with E-state index in [1.807, 2.05) is 30.8 Å². The first kappa shape index (κ1) is 12.7. The van der Waals surface area contributed by atoms with Gasteiger partial charge in [-0.2, -0.15) is 5.10 Å². The Morgan fingerprint density at radius 3 is 2.69 bits per heavy atom. The summed E-state index contributed by atoms with van der Waals surface area (Å²) in [6.07, 6.45) is 4.95. The molecule has 0 spiro atoms. The fourth-order valence-electron chi connectivity index (χ4n) is 1.60. The van der Waals surface area contributed by atoms with Crippen molar-refractivity contribution in [3.05, 3.63) is 18.0 Å². The third-order valence-corrected chi connectivity index (χ3v) is 3.08. The quantitative estimate of drug-likeness (QED) is 0.440. The summed E-state index contributed by atoms with van der Waals surface area (Å²) < 4.78 is 2.01. The molecule has 0 aliphatic rings. The molecular weight excluding hydrogens is 200 g/mol. The molecule has 0 unspecified atom stereocenters. The monoisotopic (exact) mass is 222 g/mol. The van der Waals surface area contributed by atoms with Gasteiger partial charge in [0.05, 0.1) is 5.84 Å². The van der Waals surface area contributed by atoms with Crippen LogP contribution in [0.5, 0.6) is 0 Å². The van der Waals surface area contributed by atoms with Crippen molar-refractivity contribution in [2.75, 3.05) is 0 Å². The van der Waals surface area contributed by atoms with Gasteiger partial charge in [0, 0.05) is 23.9 Å². The largest absolute Gasteiger partial charge is 0.387 e. The number of hydrogen-bond acceptors (Lipinski definition) is 2. The van der Waals surface area contributed by atoms with Crippen molar-refractivity contribution in [1.29, 1.82) is 5.41 Å². The van der Waals surface area contributed by atoms with Gasteiger partial charge >= 0.3 is 0 Å². The average Bonchev–Trinajstić information content (AvgIpc) is 2.59. The van der Waals surface area contributed by atoms with Crippen molar-refractivity contribution in [2.45, 2.75) is 46.6 Å². The van der Waals surface area contributed by atoms with Gasteiger partial charge in [0.15, 0.2) is 0 Å². The van der Waals surface area contributed by atoms with Gasteiger partial charge < -0.3 is 5.73 Å². The lowest BCUT2D eigenvalue weighted by Gasteiger charge is -2.22. The highest BCUT2D eigenvalue weighted by Gasteiger charge is 2.20. The van der Waals surface area contributed by atoms with Crippen LogP contribution in [0.1, 0.15) is 38.8 Å². The lowest BCUT2D eigenvalue weighted by molar-refractivity contribution is 0.422. The molecule has 0 fully saturated rings. The molecule has 0 saturated carbocycles. The lowest BCUT2D eigenvalue weighted by Crippen LogP contribution is -2.30. The van der Waals surface area contributed by atoms with E-state index in [1.165, 1.54) is 5.69 Å². The summed E-state index contributed by atoms with van der Waals surface area (Å²) in [7, 11) is 0. The van der Waals surface area contributed by atoms with Crippen molar-refractivity contribution >= 4 is 5.84 Å². The molecule has 4 nitrogen and oxygen atoms in total. The van der Waals surface area contributed by atoms with Crippen LogP contribution in [0.25, 0.3) is 0 Å². The first-order valence-corrected chi connectivity index (χ1v) is 5.76. The number of aromatic nitrogens is 2. The minimum Gasteiger partial charge on any atom is -0.387 e. The van der Waals surface area contributed by atoms with Crippen LogP contribution >= 0.6 is 0 Å². The van der Waals surface area contributed by atoms with Crippen LogP contribution in [0.4, 0.5) is 0 Å². The molecule has 0 atom stereocenters. The molecule has 4 heteroatoms. The fourth-order valence-corrected chi connectivity index (χ4v) is 1.60. The Hall–Kier alpha value is -1.32. The number of rotatable bonds is 6. The Kier molecular flexibility index (Phi) is 4.10. The summed E-state index contributed by atoms with van der Waals surface area (Å²) in [5.74, 6) is 0.280. The first-order chi connectivity index (χ1) is 7.43. The van der Waals surface area contributed by atoms with Gasteiger partial charge in [-0.05, 0) is 25.8 Å². The van der Waals surface area contributed by atoms with Crippen molar-refractivity contribution in [1.82, 2.24) is 9.78 Å². The normalized spacial score (nSPS) is 11.7. The number of unbranched alkanes of at least 4 members (excludes halogenated alkanes) is 1. The van der Waals surface area contributed by atoms with Crippen molar-refractivity contribution < 1.29 is 0 Å². The van der Waals surface area contributed by atoms with Crippen LogP contribution in [0, 0.1) is 17.7 Å². The smallest absolute Gasteiger partial charge is 0.0963 e. The van der Waals surface area contributed by atoms with Crippen molar-refractivity contribution in [3.8, 4) is 0 Å². The summed E-state index contributed by atoms with van der Waals surface area (Å²) in [5, 5.41) is 11.7. The number of nitrogens with zero attached hydrogens (tertiary/aromatic N) is 2. The highest BCUT2D eigenvalue weighted by Crippen LogP contribution is 2.22. The predicted octanol–water partition coefficient (Wildman–Crippen LogP) is 2.32. The summed E-state index contributed by atoms with van der Waals surface area (Å²) in [5.41, 5.74) is 6.57. The number of nitrogens with two attached hydrogens (primary N) is 1. The van der Waals surface area contributed by atoms with Gasteiger partial charge in [0.25, 0.3) is 0 Å². The summed E-state index contributed by atoms with van der Waals surface area (Å²) in [6.45, 7) is 7.06. The molecule has 1 aromatic rings. The van der Waals surface area contributed by atoms with E-state index in [-0.39, 0.29) is 11.3 Å². The molecule has 0 aliphatic heterocycles. The second kappa shape index (κ2) is 5.14. The topological polar surface area (TPSA) is 67.7 Å². The molecule has 0 saturated heterocycles. The van der Waals surface area contributed by atoms with Crippen LogP contribution in [0.15, 0.2) is 12.3 Å². The minimum absolute atomic E-state index is 0.167. The van der Waals surface area contributed by atoms with Gasteiger partial charge in [0.2, 0.25) is 0 Å². The number of amidine groups is 1. The average molecular weight is 222 g/mol. The number of aryl methyl sites for hydroxylation is 2. The van der Waals surface area contributed by atoms with Crippen LogP contribution in [0.2, 0.25) is 0 Å². The molecule has 0 aliphatic carbocycles. The van der Waals surface area contributed by atoms with Crippen LogP contribution in [0.3, 0.4) is 0 Å². The van der Waals surface area contributed by atoms with Gasteiger partial charge in [-0.15, -0.1) is 0 Å². The maximum Gasteiger partial charge on any atom is 0.0963 e. The van der Waals surface area contributed by atoms with E-state index in [9.17, 15) is 0 Å². The maximum absolute atomic E-state index is 7.47. The molecule has 1 heterocycles. The molecule has 0 bridgehead atoms. The SMILES string of the molecule is Cc1ccnn1CCCCC(C)(C)C(=N)N. The number of hydrogen-bond donors (Lipinski definition) is 2. The van der Waals surface area contributed by atoms with E-state index in [1.54, 1.807) is 0 Å². The molecular formula is C12H22N4. The van der Waals surface area contributed by atoms with Gasteiger partial charge in [-0.1, -0.05) is 20.3 Å². The van der Waals surface area contributed by atoms with Gasteiger partial charge in [0.1, 0.15) is 0 Å². The highest BCUT2D eigenvalue weighted by atomic mass is 15.3. The molecule has 0 aromatic carbocycles. The molecule has 0 radical (unpaired) electrons. The first-order valence-electron chi connectivity index (χ1n) is 5.76. The molecule has 16 heavy (non-hydrogen) atoms. The van der Waals surface area contributed by atoms with E-state index in [4.69, 9.17) is 11.1 Å². The second-order valence-corrected chi connectivity index (χ2v) is 4.95. The highest BCUT2D eigenvalue weighted by molar-refractivity contribution is 5.82. The molecule has 90 valence electrons. The van der Waals surface area contributed by atoms with E-state index < -0.39 is 0 Å². The van der Waals surface area contributed by atoms with E-state index in [2.05, 4.69) is 12.0 Å². The Morgan fingerprint density at radius 2 is 2.19 bits per heavy atom. The summed E-state index contributed by atoms with van der Waals surface area (Å²) in [6, 6.07) is 2.01. The zero-order chi connectivity index (χ0) is 12.2. The predicted molar refractivity (Wildman–Crippen MR) is 66.5 cm³/mol. The third kappa shape index (κ3) is 3.36. The van der Waals surface area contributed by atoms with Crippen LogP contribution < -0.4 is 5.73 Å². The van der Waals surface area contributed by atoms with E-state index in [0.29, 0.717) is 0 Å². The summed E-state index contributed by atoms with van der Waals surface area (Å²) >= 11 is 0. The standard InChI is InChI=1S/C12H22N4/c1-10-6-8-15-16(10)9-5-4-7-12(2,3)11(13)14/h6,8H,4-5,7,9H2,1-3H3,(H3,13,14). The maximum atomic E-state index is 7.47. The third-order valence-electron chi connectivity index (χ3n) is 3.08. The van der Waals surface area contributed by atoms with Crippen LogP contribution in [-0.4, -0.2) is 15.6 Å². The zero-order valence-electron chi connectivity index (χ0n) is 10.5. The zero-order valence-corrected chi connectivity index (χ0v) is 10.5. The second-order valence-electron chi connectivity index (χ2n) is 4.95. The Bertz CT molecular complexity index is 352. The van der Waals surface area contributed by atoms with Gasteiger partial charge in [-0.3, -0.25) is 10.1 Å². The van der Waals surface area contributed by atoms with Crippen LogP contribution in [-0.2, 0) is 6.54 Å². The molecule has 1 aromatic heterocycles. The minimum atomic E-state index is -0.167. The van der Waals surface area contributed by atoms with E-state index >= 15 is 0 Å². The van der Waals surface area contributed by atoms with Gasteiger partial charge in [-0.25, -0.2) is 0 Å². The molecule has 3 N–H and O–H groups in total. The van der Waals surface area contributed by atoms with E-state index in [0.717, 1.165) is 25.8 Å². The van der Waals surface area contributed by atoms with Crippen molar-refractivity contribution in [3.63, 3.8) is 0 Å².